The molecule has 0 aliphatic heterocycles. The van der Waals surface area contributed by atoms with Crippen LogP contribution in [0.2, 0.25) is 0 Å². The maximum Gasteiger partial charge on any atom is 0.237 e. The zero-order chi connectivity index (χ0) is 16.0. The molecule has 4 heteroatoms. The van der Waals surface area contributed by atoms with Crippen molar-refractivity contribution < 1.29 is 9.90 Å². The second kappa shape index (κ2) is 7.57. The molecule has 118 valence electrons. The molecule has 1 amide bonds. The molecule has 0 aliphatic rings. The summed E-state index contributed by atoms with van der Waals surface area (Å²) in [6.45, 7) is 8.95. The highest BCUT2D eigenvalue weighted by Gasteiger charge is 2.22. The van der Waals surface area contributed by atoms with Crippen LogP contribution in [0.3, 0.4) is 0 Å². The molecule has 0 bridgehead atoms. The smallest absolute Gasteiger partial charge is 0.237 e. The maximum absolute atomic E-state index is 12.5. The van der Waals surface area contributed by atoms with E-state index in [1.165, 1.54) is 0 Å². The molecular formula is C17H28N2O2. The first-order valence-electron chi connectivity index (χ1n) is 7.43. The quantitative estimate of drug-likeness (QED) is 0.837. The van der Waals surface area contributed by atoms with Gasteiger partial charge in [-0.3, -0.25) is 9.69 Å². The van der Waals surface area contributed by atoms with E-state index in [0.29, 0.717) is 19.6 Å². The van der Waals surface area contributed by atoms with Gasteiger partial charge in [0.1, 0.15) is 0 Å². The number of hydrogen-bond acceptors (Lipinski definition) is 3. The highest BCUT2D eigenvalue weighted by atomic mass is 16.3. The van der Waals surface area contributed by atoms with Gasteiger partial charge >= 0.3 is 0 Å². The Bertz CT molecular complexity index is 438. The van der Waals surface area contributed by atoms with E-state index >= 15 is 0 Å². The van der Waals surface area contributed by atoms with E-state index in [0.717, 1.165) is 5.56 Å². The molecule has 1 aromatic rings. The number of benzene rings is 1. The number of carbonyl (C=O) groups is 1. The van der Waals surface area contributed by atoms with E-state index in [9.17, 15) is 9.90 Å². The van der Waals surface area contributed by atoms with E-state index in [4.69, 9.17) is 0 Å². The summed E-state index contributed by atoms with van der Waals surface area (Å²) in [4.78, 5) is 16.2. The Morgan fingerprint density at radius 3 is 2.29 bits per heavy atom. The van der Waals surface area contributed by atoms with Crippen LogP contribution >= 0.6 is 0 Å². The van der Waals surface area contributed by atoms with Gasteiger partial charge in [0.05, 0.1) is 12.1 Å². The standard InChI is InChI=1S/C17H28N2O2/c1-14(2)19(11-15-9-7-6-8-10-15)16(20)12-18(5)13-17(3,4)21/h6-10,14,21H,11-13H2,1-5H3. The second-order valence-electron chi connectivity index (χ2n) is 6.59. The average molecular weight is 292 g/mol. The van der Waals surface area contributed by atoms with E-state index in [-0.39, 0.29) is 11.9 Å². The lowest BCUT2D eigenvalue weighted by atomic mass is 10.1. The number of rotatable bonds is 7. The fourth-order valence-corrected chi connectivity index (χ4v) is 2.38. The molecule has 0 aromatic heterocycles. The topological polar surface area (TPSA) is 43.8 Å². The van der Waals surface area contributed by atoms with Crippen molar-refractivity contribution in [2.75, 3.05) is 20.1 Å². The van der Waals surface area contributed by atoms with Gasteiger partial charge in [-0.15, -0.1) is 0 Å². The van der Waals surface area contributed by atoms with Gasteiger partial charge in [0.2, 0.25) is 5.91 Å². The number of likely N-dealkylation sites (N-methyl/N-ethyl adjacent to an activating group) is 1. The fourth-order valence-electron chi connectivity index (χ4n) is 2.38. The monoisotopic (exact) mass is 292 g/mol. The van der Waals surface area contributed by atoms with Gasteiger partial charge in [0, 0.05) is 19.1 Å². The molecule has 1 rings (SSSR count). The highest BCUT2D eigenvalue weighted by molar-refractivity contribution is 5.78. The number of nitrogens with zero attached hydrogens (tertiary/aromatic N) is 2. The van der Waals surface area contributed by atoms with Crippen LogP contribution in [0.4, 0.5) is 0 Å². The summed E-state index contributed by atoms with van der Waals surface area (Å²) < 4.78 is 0. The Morgan fingerprint density at radius 1 is 1.24 bits per heavy atom. The van der Waals surface area contributed by atoms with Crippen molar-refractivity contribution in [2.45, 2.75) is 45.9 Å². The van der Waals surface area contributed by atoms with Crippen molar-refractivity contribution in [3.63, 3.8) is 0 Å². The third kappa shape index (κ3) is 6.74. The molecule has 0 fully saturated rings. The van der Waals surface area contributed by atoms with E-state index in [1.807, 2.05) is 61.0 Å². The average Bonchev–Trinajstić information content (AvgIpc) is 2.34. The molecule has 0 saturated heterocycles. The molecule has 21 heavy (non-hydrogen) atoms. The summed E-state index contributed by atoms with van der Waals surface area (Å²) in [6.07, 6.45) is 0. The number of aliphatic hydroxyl groups is 1. The first kappa shape index (κ1) is 17.7. The molecule has 0 saturated carbocycles. The summed E-state index contributed by atoms with van der Waals surface area (Å²) in [5.74, 6) is 0.0839. The van der Waals surface area contributed by atoms with E-state index in [2.05, 4.69) is 0 Å². The predicted molar refractivity (Wildman–Crippen MR) is 85.9 cm³/mol. The summed E-state index contributed by atoms with van der Waals surface area (Å²) >= 11 is 0. The Labute approximate surface area is 128 Å². The predicted octanol–water partition coefficient (Wildman–Crippen LogP) is 2.13. The molecular weight excluding hydrogens is 264 g/mol. The molecule has 0 atom stereocenters. The van der Waals surface area contributed by atoms with Gasteiger partial charge in [-0.25, -0.2) is 0 Å². The zero-order valence-corrected chi connectivity index (χ0v) is 13.8. The summed E-state index contributed by atoms with van der Waals surface area (Å²) in [5, 5.41) is 9.82. The molecule has 1 aromatic carbocycles. The van der Waals surface area contributed by atoms with Gasteiger partial charge in [-0.05, 0) is 40.3 Å². The van der Waals surface area contributed by atoms with Crippen LogP contribution in [0.1, 0.15) is 33.3 Å². The van der Waals surface area contributed by atoms with Crippen LogP contribution in [0.15, 0.2) is 30.3 Å². The molecule has 0 aliphatic carbocycles. The number of carbonyl (C=O) groups excluding carboxylic acids is 1. The molecule has 0 radical (unpaired) electrons. The number of amides is 1. The van der Waals surface area contributed by atoms with Crippen LogP contribution in [0, 0.1) is 0 Å². The molecule has 4 nitrogen and oxygen atoms in total. The molecule has 0 spiro atoms. The molecule has 1 N–H and O–H groups in total. The first-order valence-corrected chi connectivity index (χ1v) is 7.43. The lowest BCUT2D eigenvalue weighted by Crippen LogP contribution is -2.45. The number of hydrogen-bond donors (Lipinski definition) is 1. The Hall–Kier alpha value is -1.39. The minimum atomic E-state index is -0.795. The Kier molecular flexibility index (Phi) is 6.37. The van der Waals surface area contributed by atoms with Crippen LogP contribution in [-0.2, 0) is 11.3 Å². The zero-order valence-electron chi connectivity index (χ0n) is 13.8. The third-order valence-corrected chi connectivity index (χ3v) is 3.20. The van der Waals surface area contributed by atoms with Gasteiger partial charge in [-0.2, -0.15) is 0 Å². The van der Waals surface area contributed by atoms with Gasteiger partial charge in [0.15, 0.2) is 0 Å². The third-order valence-electron chi connectivity index (χ3n) is 3.20. The van der Waals surface area contributed by atoms with Crippen molar-refractivity contribution in [1.82, 2.24) is 9.80 Å². The van der Waals surface area contributed by atoms with Crippen LogP contribution in [-0.4, -0.2) is 52.6 Å². The van der Waals surface area contributed by atoms with Gasteiger partial charge in [0.25, 0.3) is 0 Å². The normalized spacial score (nSPS) is 12.0. The van der Waals surface area contributed by atoms with Crippen LogP contribution in [0.5, 0.6) is 0 Å². The fraction of sp³-hybridized carbons (Fsp3) is 0.588. The summed E-state index contributed by atoms with van der Waals surface area (Å²) in [5.41, 5.74) is 0.335. The van der Waals surface area contributed by atoms with Crippen molar-refractivity contribution in [1.29, 1.82) is 0 Å². The van der Waals surface area contributed by atoms with Crippen LogP contribution < -0.4 is 0 Å². The lowest BCUT2D eigenvalue weighted by molar-refractivity contribution is -0.135. The summed E-state index contributed by atoms with van der Waals surface area (Å²) in [7, 11) is 1.86. The second-order valence-corrected chi connectivity index (χ2v) is 6.59. The van der Waals surface area contributed by atoms with Crippen molar-refractivity contribution in [3.8, 4) is 0 Å². The van der Waals surface area contributed by atoms with Crippen molar-refractivity contribution in [3.05, 3.63) is 35.9 Å². The summed E-state index contributed by atoms with van der Waals surface area (Å²) in [6, 6.07) is 10.2. The van der Waals surface area contributed by atoms with Crippen molar-refractivity contribution in [2.24, 2.45) is 0 Å². The van der Waals surface area contributed by atoms with Crippen molar-refractivity contribution >= 4 is 5.91 Å². The Morgan fingerprint density at radius 2 is 1.81 bits per heavy atom. The first-order chi connectivity index (χ1) is 9.69. The highest BCUT2D eigenvalue weighted by Crippen LogP contribution is 2.10. The SMILES string of the molecule is CC(C)N(Cc1ccccc1)C(=O)CN(C)CC(C)(C)O. The lowest BCUT2D eigenvalue weighted by Gasteiger charge is -2.31. The maximum atomic E-state index is 12.5. The largest absolute Gasteiger partial charge is 0.389 e. The minimum absolute atomic E-state index is 0.0839. The van der Waals surface area contributed by atoms with Crippen LogP contribution in [0.25, 0.3) is 0 Å². The van der Waals surface area contributed by atoms with Gasteiger partial charge in [-0.1, -0.05) is 30.3 Å². The Balaban J connectivity index is 2.66. The van der Waals surface area contributed by atoms with E-state index < -0.39 is 5.60 Å². The molecule has 0 unspecified atom stereocenters. The minimum Gasteiger partial charge on any atom is -0.389 e. The van der Waals surface area contributed by atoms with Gasteiger partial charge < -0.3 is 10.0 Å². The van der Waals surface area contributed by atoms with E-state index in [1.54, 1.807) is 13.8 Å². The molecule has 0 heterocycles.